The molecule has 0 amide bonds. The minimum atomic E-state index is -0.379. The summed E-state index contributed by atoms with van der Waals surface area (Å²) in [5, 5.41) is 19.3. The third kappa shape index (κ3) is 2.85. The predicted molar refractivity (Wildman–Crippen MR) is 71.3 cm³/mol. The second-order valence-electron chi connectivity index (χ2n) is 4.27. The maximum absolute atomic E-state index is 10.8. The van der Waals surface area contributed by atoms with Crippen LogP contribution in [0.5, 0.6) is 17.2 Å². The molecule has 4 nitrogen and oxygen atoms in total. The average Bonchev–Trinajstić information content (AvgIpc) is 2.34. The Balaban J connectivity index is 2.37. The highest BCUT2D eigenvalue weighted by atomic mass is 16.5. The molecular formula is C15H14O4. The van der Waals surface area contributed by atoms with Gasteiger partial charge in [-0.1, -0.05) is 12.1 Å². The maximum Gasteiger partial charge on any atom is 0.308 e. The van der Waals surface area contributed by atoms with Crippen molar-refractivity contribution in [3.05, 3.63) is 42.0 Å². The molecule has 0 heterocycles. The number of aryl methyl sites for hydroxylation is 1. The average molecular weight is 258 g/mol. The van der Waals surface area contributed by atoms with E-state index in [2.05, 4.69) is 0 Å². The van der Waals surface area contributed by atoms with E-state index in [0.717, 1.165) is 5.56 Å². The van der Waals surface area contributed by atoms with Crippen molar-refractivity contribution in [2.75, 3.05) is 0 Å². The summed E-state index contributed by atoms with van der Waals surface area (Å²) in [5.74, 6) is 0.128. The zero-order valence-electron chi connectivity index (χ0n) is 10.7. The fraction of sp³-hybridized carbons (Fsp3) is 0.133. The van der Waals surface area contributed by atoms with E-state index in [4.69, 9.17) is 4.74 Å². The third-order valence-electron chi connectivity index (χ3n) is 2.74. The Bertz CT molecular complexity index is 615. The number of hydrogen-bond acceptors (Lipinski definition) is 4. The molecule has 4 heteroatoms. The van der Waals surface area contributed by atoms with Crippen molar-refractivity contribution < 1.29 is 19.7 Å². The van der Waals surface area contributed by atoms with Crippen LogP contribution >= 0.6 is 0 Å². The van der Waals surface area contributed by atoms with Crippen LogP contribution in [-0.2, 0) is 4.79 Å². The molecule has 19 heavy (non-hydrogen) atoms. The summed E-state index contributed by atoms with van der Waals surface area (Å²) >= 11 is 0. The van der Waals surface area contributed by atoms with Gasteiger partial charge in [0.1, 0.15) is 17.2 Å². The van der Waals surface area contributed by atoms with Crippen molar-refractivity contribution in [1.29, 1.82) is 0 Å². The number of phenols is 2. The Morgan fingerprint density at radius 2 is 1.68 bits per heavy atom. The predicted octanol–water partition coefficient (Wildman–Crippen LogP) is 3.00. The lowest BCUT2D eigenvalue weighted by molar-refractivity contribution is -0.131. The Labute approximate surface area is 110 Å². The molecule has 98 valence electrons. The molecule has 0 aliphatic rings. The molecule has 2 N–H and O–H groups in total. The summed E-state index contributed by atoms with van der Waals surface area (Å²) in [7, 11) is 0. The van der Waals surface area contributed by atoms with E-state index < -0.39 is 0 Å². The van der Waals surface area contributed by atoms with Crippen LogP contribution in [0, 0.1) is 6.92 Å². The van der Waals surface area contributed by atoms with Crippen molar-refractivity contribution in [3.63, 3.8) is 0 Å². The summed E-state index contributed by atoms with van der Waals surface area (Å²) in [6.45, 7) is 3.09. The van der Waals surface area contributed by atoms with Crippen molar-refractivity contribution >= 4 is 5.97 Å². The standard InChI is InChI=1S/C15H14O4/c1-9-7-13(15(18)8-14(9)17)11-3-5-12(6-4-11)19-10(2)16/h3-8,17-18H,1-2H3. The largest absolute Gasteiger partial charge is 0.508 e. The van der Waals surface area contributed by atoms with Crippen molar-refractivity contribution in [3.8, 4) is 28.4 Å². The molecule has 0 saturated heterocycles. The van der Waals surface area contributed by atoms with E-state index in [-0.39, 0.29) is 17.5 Å². The molecule has 0 aromatic heterocycles. The van der Waals surface area contributed by atoms with Gasteiger partial charge in [-0.2, -0.15) is 0 Å². The molecule has 0 unspecified atom stereocenters. The highest BCUT2D eigenvalue weighted by Crippen LogP contribution is 2.35. The molecule has 0 radical (unpaired) electrons. The first kappa shape index (κ1) is 13.0. The summed E-state index contributed by atoms with van der Waals surface area (Å²) in [5.41, 5.74) is 2.07. The molecule has 2 rings (SSSR count). The minimum Gasteiger partial charge on any atom is -0.508 e. The molecule has 0 fully saturated rings. The van der Waals surface area contributed by atoms with Gasteiger partial charge in [0.15, 0.2) is 0 Å². The van der Waals surface area contributed by atoms with Crippen LogP contribution in [-0.4, -0.2) is 16.2 Å². The molecular weight excluding hydrogens is 244 g/mol. The Morgan fingerprint density at radius 3 is 2.26 bits per heavy atom. The van der Waals surface area contributed by atoms with Gasteiger partial charge >= 0.3 is 5.97 Å². The number of aromatic hydroxyl groups is 2. The third-order valence-corrected chi connectivity index (χ3v) is 2.74. The highest BCUT2D eigenvalue weighted by molar-refractivity contribution is 5.74. The molecule has 0 saturated carbocycles. The summed E-state index contributed by atoms with van der Waals surface area (Å²) < 4.78 is 4.94. The van der Waals surface area contributed by atoms with Gasteiger partial charge < -0.3 is 14.9 Å². The van der Waals surface area contributed by atoms with Gasteiger partial charge in [0.25, 0.3) is 0 Å². The molecule has 2 aromatic rings. The van der Waals surface area contributed by atoms with Crippen molar-refractivity contribution in [2.45, 2.75) is 13.8 Å². The summed E-state index contributed by atoms with van der Waals surface area (Å²) in [6.07, 6.45) is 0. The molecule has 2 aromatic carbocycles. The number of benzene rings is 2. The molecule has 0 spiro atoms. The summed E-state index contributed by atoms with van der Waals surface area (Å²) in [6, 6.07) is 9.79. The quantitative estimate of drug-likeness (QED) is 0.642. The van der Waals surface area contributed by atoms with E-state index in [1.54, 1.807) is 37.3 Å². The van der Waals surface area contributed by atoms with E-state index in [1.807, 2.05) is 0 Å². The topological polar surface area (TPSA) is 66.8 Å². The number of carbonyl (C=O) groups is 1. The van der Waals surface area contributed by atoms with Gasteiger partial charge in [-0.05, 0) is 36.2 Å². The number of esters is 1. The summed E-state index contributed by atoms with van der Waals surface area (Å²) in [4.78, 5) is 10.8. The first-order valence-electron chi connectivity index (χ1n) is 5.79. The zero-order chi connectivity index (χ0) is 14.0. The van der Waals surface area contributed by atoms with E-state index >= 15 is 0 Å². The van der Waals surface area contributed by atoms with E-state index in [1.165, 1.54) is 13.0 Å². The van der Waals surface area contributed by atoms with Gasteiger partial charge in [-0.3, -0.25) is 4.79 Å². The number of rotatable bonds is 2. The fourth-order valence-corrected chi connectivity index (χ4v) is 1.79. The van der Waals surface area contributed by atoms with Crippen molar-refractivity contribution in [1.82, 2.24) is 0 Å². The monoisotopic (exact) mass is 258 g/mol. The van der Waals surface area contributed by atoms with E-state index in [0.29, 0.717) is 16.9 Å². The number of phenolic OH excluding ortho intramolecular Hbond substituents is 2. The van der Waals surface area contributed by atoms with Gasteiger partial charge in [-0.15, -0.1) is 0 Å². The van der Waals surface area contributed by atoms with Crippen LogP contribution in [0.1, 0.15) is 12.5 Å². The SMILES string of the molecule is CC(=O)Oc1ccc(-c2cc(C)c(O)cc2O)cc1. The number of hydrogen-bond donors (Lipinski definition) is 2. The first-order valence-corrected chi connectivity index (χ1v) is 5.79. The van der Waals surface area contributed by atoms with Crippen LogP contribution in [0.15, 0.2) is 36.4 Å². The first-order chi connectivity index (χ1) is 8.97. The Hall–Kier alpha value is -2.49. The number of ether oxygens (including phenoxy) is 1. The fourth-order valence-electron chi connectivity index (χ4n) is 1.79. The van der Waals surface area contributed by atoms with E-state index in [9.17, 15) is 15.0 Å². The normalized spacial score (nSPS) is 10.2. The van der Waals surface area contributed by atoms with Crippen LogP contribution in [0.25, 0.3) is 11.1 Å². The molecule has 0 aliphatic carbocycles. The maximum atomic E-state index is 10.8. The lowest BCUT2D eigenvalue weighted by atomic mass is 10.0. The second-order valence-corrected chi connectivity index (χ2v) is 4.27. The van der Waals surface area contributed by atoms with Gasteiger partial charge in [0.05, 0.1) is 0 Å². The zero-order valence-corrected chi connectivity index (χ0v) is 10.7. The minimum absolute atomic E-state index is 0.00309. The van der Waals surface area contributed by atoms with Crippen LogP contribution in [0.2, 0.25) is 0 Å². The van der Waals surface area contributed by atoms with Gasteiger partial charge in [-0.25, -0.2) is 0 Å². The molecule has 0 atom stereocenters. The second kappa shape index (κ2) is 5.02. The lowest BCUT2D eigenvalue weighted by Crippen LogP contribution is -2.00. The Kier molecular flexibility index (Phi) is 3.42. The van der Waals surface area contributed by atoms with Crippen LogP contribution in [0.3, 0.4) is 0 Å². The van der Waals surface area contributed by atoms with Crippen LogP contribution in [0.4, 0.5) is 0 Å². The molecule has 0 aliphatic heterocycles. The van der Waals surface area contributed by atoms with Crippen molar-refractivity contribution in [2.24, 2.45) is 0 Å². The van der Waals surface area contributed by atoms with Gasteiger partial charge in [0, 0.05) is 18.6 Å². The highest BCUT2D eigenvalue weighted by Gasteiger charge is 2.08. The Morgan fingerprint density at radius 1 is 1.05 bits per heavy atom. The number of carbonyl (C=O) groups excluding carboxylic acids is 1. The van der Waals surface area contributed by atoms with Gasteiger partial charge in [0.2, 0.25) is 0 Å². The van der Waals surface area contributed by atoms with Crippen LogP contribution < -0.4 is 4.74 Å². The lowest BCUT2D eigenvalue weighted by Gasteiger charge is -2.08. The smallest absolute Gasteiger partial charge is 0.308 e. The molecule has 0 bridgehead atoms.